The largest absolute Gasteiger partial charge is 0.467 e. The number of ether oxygens (including phenoxy) is 1. The fourth-order valence-electron chi connectivity index (χ4n) is 2.68. The van der Waals surface area contributed by atoms with E-state index in [9.17, 15) is 9.59 Å². The molecule has 21 heavy (non-hydrogen) atoms. The third kappa shape index (κ3) is 2.31. The molecule has 0 saturated heterocycles. The Balaban J connectivity index is 2.06. The van der Waals surface area contributed by atoms with Crippen molar-refractivity contribution in [3.05, 3.63) is 54.0 Å². The fourth-order valence-corrected chi connectivity index (χ4v) is 2.68. The zero-order valence-electron chi connectivity index (χ0n) is 11.6. The Morgan fingerprint density at radius 1 is 1.24 bits per heavy atom. The van der Waals surface area contributed by atoms with E-state index in [1.54, 1.807) is 12.1 Å². The van der Waals surface area contributed by atoms with E-state index in [4.69, 9.17) is 9.15 Å². The van der Waals surface area contributed by atoms with Crippen molar-refractivity contribution in [2.75, 3.05) is 12.0 Å². The number of carbonyl (C=O) groups excluding carboxylic acids is 2. The normalized spacial score (nSPS) is 17.2. The second kappa shape index (κ2) is 5.44. The van der Waals surface area contributed by atoms with Gasteiger partial charge in [-0.25, -0.2) is 4.79 Å². The van der Waals surface area contributed by atoms with Crippen LogP contribution >= 0.6 is 0 Å². The van der Waals surface area contributed by atoms with E-state index in [-0.39, 0.29) is 11.7 Å². The molecule has 0 spiro atoms. The number of para-hydroxylation sites is 1. The summed E-state index contributed by atoms with van der Waals surface area (Å²) in [5.74, 6) is -0.535. The van der Waals surface area contributed by atoms with Crippen molar-refractivity contribution in [1.82, 2.24) is 0 Å². The Morgan fingerprint density at radius 2 is 2.05 bits per heavy atom. The highest BCUT2D eigenvalue weighted by atomic mass is 16.5. The van der Waals surface area contributed by atoms with Crippen LogP contribution in [0.5, 0.6) is 0 Å². The topological polar surface area (TPSA) is 59.8 Å². The maximum Gasteiger partial charge on any atom is 0.328 e. The van der Waals surface area contributed by atoms with Crippen LogP contribution < -0.4 is 4.90 Å². The molecule has 0 fully saturated rings. The Morgan fingerprint density at radius 3 is 2.76 bits per heavy atom. The second-order valence-corrected chi connectivity index (χ2v) is 4.86. The molecule has 1 amide bonds. The standard InChI is InChI=1S/C16H15NO4/c1-20-16(19)13-9-8-11-5-2-3-6-12(11)17(13)15(18)14-7-4-10-21-14/h2-7,10,13H,8-9H2,1H3/t13-/m1/s1. The summed E-state index contributed by atoms with van der Waals surface area (Å²) in [6.45, 7) is 0. The van der Waals surface area contributed by atoms with Crippen molar-refractivity contribution in [3.8, 4) is 0 Å². The molecule has 108 valence electrons. The van der Waals surface area contributed by atoms with Gasteiger partial charge in [-0.3, -0.25) is 9.69 Å². The Labute approximate surface area is 122 Å². The van der Waals surface area contributed by atoms with Crippen LogP contribution in [0.3, 0.4) is 0 Å². The Hall–Kier alpha value is -2.56. The number of hydrogen-bond donors (Lipinski definition) is 0. The molecule has 5 heteroatoms. The van der Waals surface area contributed by atoms with E-state index in [0.717, 1.165) is 17.7 Å². The maximum absolute atomic E-state index is 12.7. The summed E-state index contributed by atoms with van der Waals surface area (Å²) < 4.78 is 10.0. The van der Waals surface area contributed by atoms with Crippen LogP contribution in [0.25, 0.3) is 0 Å². The van der Waals surface area contributed by atoms with E-state index in [1.165, 1.54) is 18.3 Å². The molecular weight excluding hydrogens is 270 g/mol. The number of furan rings is 1. The number of rotatable bonds is 2. The number of aryl methyl sites for hydroxylation is 1. The summed E-state index contributed by atoms with van der Waals surface area (Å²) >= 11 is 0. The van der Waals surface area contributed by atoms with Gasteiger partial charge in [0.2, 0.25) is 0 Å². The lowest BCUT2D eigenvalue weighted by molar-refractivity contribution is -0.142. The van der Waals surface area contributed by atoms with Crippen LogP contribution in [-0.4, -0.2) is 25.0 Å². The van der Waals surface area contributed by atoms with E-state index >= 15 is 0 Å². The van der Waals surface area contributed by atoms with Crippen molar-refractivity contribution in [3.63, 3.8) is 0 Å². The number of fused-ring (bicyclic) bond motifs is 1. The van der Waals surface area contributed by atoms with Crippen LogP contribution in [0.2, 0.25) is 0 Å². The SMILES string of the molecule is COC(=O)[C@H]1CCc2ccccc2N1C(=O)c1ccco1. The lowest BCUT2D eigenvalue weighted by Crippen LogP contribution is -2.48. The number of benzene rings is 1. The molecule has 0 N–H and O–H groups in total. The second-order valence-electron chi connectivity index (χ2n) is 4.86. The molecule has 1 aromatic heterocycles. The number of carbonyl (C=O) groups is 2. The van der Waals surface area contributed by atoms with Crippen molar-refractivity contribution in [2.24, 2.45) is 0 Å². The van der Waals surface area contributed by atoms with E-state index < -0.39 is 12.0 Å². The summed E-state index contributed by atoms with van der Waals surface area (Å²) in [6.07, 6.45) is 2.71. The smallest absolute Gasteiger partial charge is 0.328 e. The summed E-state index contributed by atoms with van der Waals surface area (Å²) in [5, 5.41) is 0. The minimum Gasteiger partial charge on any atom is -0.467 e. The van der Waals surface area contributed by atoms with Crippen LogP contribution in [0.15, 0.2) is 47.1 Å². The number of hydrogen-bond acceptors (Lipinski definition) is 4. The zero-order chi connectivity index (χ0) is 14.8. The summed E-state index contributed by atoms with van der Waals surface area (Å²) in [6, 6.07) is 10.2. The van der Waals surface area contributed by atoms with Crippen molar-refractivity contribution in [2.45, 2.75) is 18.9 Å². The van der Waals surface area contributed by atoms with Gasteiger partial charge in [-0.2, -0.15) is 0 Å². The van der Waals surface area contributed by atoms with Crippen molar-refractivity contribution >= 4 is 17.6 Å². The van der Waals surface area contributed by atoms with Gasteiger partial charge in [-0.15, -0.1) is 0 Å². The van der Waals surface area contributed by atoms with Gasteiger partial charge in [0.05, 0.1) is 13.4 Å². The van der Waals surface area contributed by atoms with E-state index in [0.29, 0.717) is 6.42 Å². The third-order valence-corrected chi connectivity index (χ3v) is 3.67. The first-order chi connectivity index (χ1) is 10.2. The minimum absolute atomic E-state index is 0.209. The first kappa shape index (κ1) is 13.4. The van der Waals surface area contributed by atoms with E-state index in [2.05, 4.69) is 0 Å². The molecule has 5 nitrogen and oxygen atoms in total. The summed E-state index contributed by atoms with van der Waals surface area (Å²) in [5.41, 5.74) is 1.78. The molecule has 1 aromatic carbocycles. The number of methoxy groups -OCH3 is 1. The van der Waals surface area contributed by atoms with Crippen LogP contribution in [0, 0.1) is 0 Å². The van der Waals surface area contributed by atoms with Gasteiger partial charge in [0, 0.05) is 5.69 Å². The van der Waals surface area contributed by atoms with Crippen molar-refractivity contribution < 1.29 is 18.7 Å². The Bertz CT molecular complexity index is 663. The molecular formula is C16H15NO4. The van der Waals surface area contributed by atoms with Gasteiger partial charge in [0.1, 0.15) is 6.04 Å². The summed E-state index contributed by atoms with van der Waals surface area (Å²) in [7, 11) is 1.33. The number of anilines is 1. The predicted octanol–water partition coefficient (Wildman–Crippen LogP) is 2.41. The van der Waals surface area contributed by atoms with Gasteiger partial charge in [-0.05, 0) is 36.6 Å². The zero-order valence-corrected chi connectivity index (χ0v) is 11.6. The molecule has 2 aromatic rings. The molecule has 0 aliphatic carbocycles. The number of amides is 1. The van der Waals surface area contributed by atoms with Crippen LogP contribution in [0.4, 0.5) is 5.69 Å². The highest BCUT2D eigenvalue weighted by Crippen LogP contribution is 2.32. The van der Waals surface area contributed by atoms with Crippen LogP contribution in [-0.2, 0) is 16.0 Å². The molecule has 3 rings (SSSR count). The van der Waals surface area contributed by atoms with Crippen LogP contribution in [0.1, 0.15) is 22.5 Å². The van der Waals surface area contributed by atoms with Gasteiger partial charge in [0.15, 0.2) is 5.76 Å². The average Bonchev–Trinajstić information content (AvgIpc) is 3.06. The maximum atomic E-state index is 12.7. The molecule has 0 bridgehead atoms. The fraction of sp³-hybridized carbons (Fsp3) is 0.250. The molecule has 1 atom stereocenters. The van der Waals surface area contributed by atoms with Gasteiger partial charge >= 0.3 is 5.97 Å². The molecule has 2 heterocycles. The Kier molecular flexibility index (Phi) is 3.48. The lowest BCUT2D eigenvalue weighted by Gasteiger charge is -2.34. The molecule has 0 radical (unpaired) electrons. The van der Waals surface area contributed by atoms with Gasteiger partial charge in [-0.1, -0.05) is 18.2 Å². The van der Waals surface area contributed by atoms with Gasteiger partial charge in [0.25, 0.3) is 5.91 Å². The van der Waals surface area contributed by atoms with Gasteiger partial charge < -0.3 is 9.15 Å². The summed E-state index contributed by atoms with van der Waals surface area (Å²) in [4.78, 5) is 26.2. The number of esters is 1. The first-order valence-electron chi connectivity index (χ1n) is 6.75. The predicted molar refractivity (Wildman–Crippen MR) is 76.1 cm³/mol. The minimum atomic E-state index is -0.623. The first-order valence-corrected chi connectivity index (χ1v) is 6.75. The molecule has 1 aliphatic rings. The highest BCUT2D eigenvalue weighted by molar-refractivity contribution is 6.08. The van der Waals surface area contributed by atoms with E-state index in [1.807, 2.05) is 24.3 Å². The average molecular weight is 285 g/mol. The monoisotopic (exact) mass is 285 g/mol. The quantitative estimate of drug-likeness (QED) is 0.795. The molecule has 1 aliphatic heterocycles. The lowest BCUT2D eigenvalue weighted by atomic mass is 9.95. The third-order valence-electron chi connectivity index (χ3n) is 3.67. The number of nitrogens with zero attached hydrogens (tertiary/aromatic N) is 1. The molecule has 0 unspecified atom stereocenters. The molecule has 0 saturated carbocycles. The highest BCUT2D eigenvalue weighted by Gasteiger charge is 2.37. The van der Waals surface area contributed by atoms with Crippen molar-refractivity contribution in [1.29, 1.82) is 0 Å².